The normalized spacial score (nSPS) is 13.7. The van der Waals surface area contributed by atoms with Crippen LogP contribution in [0.15, 0.2) is 40.4 Å². The maximum absolute atomic E-state index is 12.5. The van der Waals surface area contributed by atoms with E-state index in [4.69, 9.17) is 5.14 Å². The van der Waals surface area contributed by atoms with E-state index in [1.807, 2.05) is 25.1 Å². The van der Waals surface area contributed by atoms with Gasteiger partial charge in [-0.25, -0.2) is 23.2 Å². The number of amides is 1. The first-order valence-corrected chi connectivity index (χ1v) is 10.5. The molecule has 152 valence electrons. The van der Waals surface area contributed by atoms with Crippen molar-refractivity contribution in [3.63, 3.8) is 0 Å². The van der Waals surface area contributed by atoms with Gasteiger partial charge in [0.15, 0.2) is 0 Å². The monoisotopic (exact) mass is 434 g/mol. The molecule has 2 aliphatic heterocycles. The number of nitrogens with two attached hydrogens (primary N) is 1. The fraction of sp³-hybridized carbons (Fsp3) is 0.100. The smallest absolute Gasteiger partial charge is 0.280 e. The van der Waals surface area contributed by atoms with Crippen molar-refractivity contribution < 1.29 is 13.2 Å². The van der Waals surface area contributed by atoms with Crippen LogP contribution >= 0.6 is 0 Å². The summed E-state index contributed by atoms with van der Waals surface area (Å²) in [6.07, 6.45) is 3.93. The van der Waals surface area contributed by atoms with Gasteiger partial charge in [-0.05, 0) is 32.8 Å². The molecule has 0 aliphatic carbocycles. The van der Waals surface area contributed by atoms with E-state index in [-0.39, 0.29) is 22.0 Å². The predicted octanol–water partition coefficient (Wildman–Crippen LogP) is -3.04. The molecule has 1 amide bonds. The summed E-state index contributed by atoms with van der Waals surface area (Å²) in [5.41, 5.74) is 1.03. The largest absolute Gasteiger partial charge is 0.537 e. The Morgan fingerprint density at radius 2 is 2.03 bits per heavy atom. The van der Waals surface area contributed by atoms with Gasteiger partial charge < -0.3 is 0 Å². The average molecular weight is 434 g/mol. The minimum absolute atomic E-state index is 0.0291. The maximum atomic E-state index is 12.5. The number of amidine groups is 2. The van der Waals surface area contributed by atoms with E-state index in [0.29, 0.717) is 5.84 Å². The van der Waals surface area contributed by atoms with Crippen LogP contribution in [-0.4, -0.2) is 43.5 Å². The number of primary sulfonamides is 1. The van der Waals surface area contributed by atoms with Gasteiger partial charge in [0.25, 0.3) is 12.1 Å². The summed E-state index contributed by atoms with van der Waals surface area (Å²) >= 11 is 0. The molecule has 0 saturated heterocycles. The highest BCUT2D eigenvalue weighted by Crippen LogP contribution is 2.13. The number of nitrogens with zero attached hydrogens (tertiary/aromatic N) is 5. The van der Waals surface area contributed by atoms with Gasteiger partial charge in [-0.1, -0.05) is 6.07 Å². The highest BCUT2D eigenvalue weighted by molar-refractivity contribution is 7.89. The number of sulfonamides is 1. The number of aromatic nitrogens is 1. The van der Waals surface area contributed by atoms with Gasteiger partial charge in [0.05, 0.1) is 12.5 Å². The second-order valence-corrected chi connectivity index (χ2v) is 8.24. The van der Waals surface area contributed by atoms with Crippen LogP contribution in [0.5, 0.6) is 0 Å². The Hall–Kier alpha value is -4.19. The molecule has 3 N–H and O–H groups in total. The number of carbonyl (C=O) groups is 1. The molecule has 1 aromatic carbocycles. The lowest BCUT2D eigenvalue weighted by atomic mass is 10.2. The van der Waals surface area contributed by atoms with Crippen molar-refractivity contribution in [1.29, 1.82) is 0 Å². The van der Waals surface area contributed by atoms with Crippen LogP contribution in [0.4, 0.5) is 0 Å². The third kappa shape index (κ3) is 4.23. The molecule has 4 rings (SSSR count). The minimum atomic E-state index is -4.11. The molecule has 1 aromatic heterocycles. The van der Waals surface area contributed by atoms with Crippen molar-refractivity contribution in [2.75, 3.05) is 0 Å². The number of fused-ring (bicyclic) bond motifs is 1. The second-order valence-electron chi connectivity index (χ2n) is 6.71. The summed E-state index contributed by atoms with van der Waals surface area (Å²) in [6, 6.07) is 9.79. The third-order valence-electron chi connectivity index (χ3n) is 4.32. The van der Waals surface area contributed by atoms with Crippen molar-refractivity contribution in [1.82, 2.24) is 24.2 Å². The van der Waals surface area contributed by atoms with Gasteiger partial charge >= 0.3 is 28.7 Å². The average Bonchev–Trinajstić information content (AvgIpc) is 3.30. The highest BCUT2D eigenvalue weighted by atomic mass is 32.2. The van der Waals surface area contributed by atoms with Crippen molar-refractivity contribution in [3.05, 3.63) is 58.0 Å². The molecule has 0 spiro atoms. The van der Waals surface area contributed by atoms with Crippen LogP contribution in [-0.2, 0) is 10.0 Å². The Kier molecular flexibility index (Phi) is 4.91. The van der Waals surface area contributed by atoms with E-state index in [9.17, 15) is 13.2 Å². The van der Waals surface area contributed by atoms with E-state index in [2.05, 4.69) is 36.6 Å². The van der Waals surface area contributed by atoms with Crippen molar-refractivity contribution in [2.24, 2.45) is 10.1 Å². The Morgan fingerprint density at radius 1 is 1.23 bits per heavy atom. The van der Waals surface area contributed by atoms with E-state index in [1.54, 1.807) is 11.5 Å². The SMILES string of the molecule is CC1=[N+]=CC(NC(=O)c2cc(C#C[N+]3=c4ccc(C)cc4=[N+]=C3)c(S(N)(=O)=O)cn2)=N1. The minimum Gasteiger partial charge on any atom is -0.280 e. The van der Waals surface area contributed by atoms with Gasteiger partial charge in [-0.2, -0.15) is 0 Å². The lowest BCUT2D eigenvalue weighted by molar-refractivity contribution is 0.0972. The van der Waals surface area contributed by atoms with Crippen LogP contribution in [0.25, 0.3) is 0 Å². The zero-order chi connectivity index (χ0) is 22.2. The first kappa shape index (κ1) is 20.1. The number of hydrogen-bond donors (Lipinski definition) is 2. The molecule has 3 heterocycles. The molecule has 10 nitrogen and oxygen atoms in total. The van der Waals surface area contributed by atoms with Gasteiger partial charge in [0.1, 0.15) is 10.6 Å². The summed E-state index contributed by atoms with van der Waals surface area (Å²) in [6.45, 7) is 3.64. The quantitative estimate of drug-likeness (QED) is 0.294. The zero-order valence-electron chi connectivity index (χ0n) is 16.5. The summed E-state index contributed by atoms with van der Waals surface area (Å²) in [7, 11) is -4.11. The van der Waals surface area contributed by atoms with Gasteiger partial charge in [-0.3, -0.25) is 10.1 Å². The van der Waals surface area contributed by atoms with Crippen molar-refractivity contribution in [3.8, 4) is 12.0 Å². The van der Waals surface area contributed by atoms with Crippen molar-refractivity contribution >= 4 is 40.2 Å². The van der Waals surface area contributed by atoms with Gasteiger partial charge in [0, 0.05) is 24.3 Å². The molecule has 0 unspecified atom stereocenters. The second kappa shape index (κ2) is 7.57. The van der Waals surface area contributed by atoms with E-state index < -0.39 is 15.9 Å². The fourth-order valence-corrected chi connectivity index (χ4v) is 3.47. The van der Waals surface area contributed by atoms with E-state index >= 15 is 0 Å². The van der Waals surface area contributed by atoms with Crippen molar-refractivity contribution in [2.45, 2.75) is 18.7 Å². The topological polar surface area (TPSA) is 146 Å². The number of aliphatic imine (C=N–C) groups is 1. The molecule has 2 aromatic rings. The first-order chi connectivity index (χ1) is 14.7. The van der Waals surface area contributed by atoms with Crippen LogP contribution in [0.3, 0.4) is 0 Å². The molecule has 0 atom stereocenters. The molecule has 31 heavy (non-hydrogen) atoms. The number of benzene rings is 1. The molecule has 0 saturated carbocycles. The summed E-state index contributed by atoms with van der Waals surface area (Å²) in [4.78, 5) is 20.1. The van der Waals surface area contributed by atoms with Crippen LogP contribution in [0.2, 0.25) is 0 Å². The molecule has 0 fully saturated rings. The van der Waals surface area contributed by atoms with Crippen LogP contribution < -0.4 is 35.1 Å². The molecule has 0 radical (unpaired) electrons. The number of pyridine rings is 1. The number of nitrogens with one attached hydrogen (secondary N) is 1. The number of aryl methyl sites for hydroxylation is 1. The lowest BCUT2D eigenvalue weighted by Gasteiger charge is -2.04. The van der Waals surface area contributed by atoms with Gasteiger partial charge in [-0.15, -0.1) is 0 Å². The Morgan fingerprint density at radius 3 is 2.74 bits per heavy atom. The Bertz CT molecular complexity index is 1600. The van der Waals surface area contributed by atoms with Crippen LogP contribution in [0.1, 0.15) is 28.5 Å². The fourth-order valence-electron chi connectivity index (χ4n) is 2.85. The number of rotatable bonds is 2. The molecular weight excluding hydrogens is 418 g/mol. The number of carbonyl (C=O) groups excluding carboxylic acids is 1. The molecule has 11 heteroatoms. The summed E-state index contributed by atoms with van der Waals surface area (Å²) in [5, 5.41) is 9.35. The molecule has 0 bridgehead atoms. The molecular formula is C20H16N7O3S+3. The predicted molar refractivity (Wildman–Crippen MR) is 115 cm³/mol. The highest BCUT2D eigenvalue weighted by Gasteiger charge is 2.23. The zero-order valence-corrected chi connectivity index (χ0v) is 17.3. The Balaban J connectivity index is 1.74. The standard InChI is InChI=1S/C20H15N7O3S/c1-12-3-4-17-15(7-12)24-11-27(17)6-5-14-8-16(23-9-18(14)31(21,29)30)20(28)26-19-10-22-13(2)25-19/h3-4,7-11H,1-2H3,(H2,21,29,30)/q+2/p+1. The summed E-state index contributed by atoms with van der Waals surface area (Å²) in [5.74, 6) is 2.93. The Labute approximate surface area is 176 Å². The third-order valence-corrected chi connectivity index (χ3v) is 5.26. The summed E-state index contributed by atoms with van der Waals surface area (Å²) < 4.78 is 33.7. The van der Waals surface area contributed by atoms with Gasteiger partial charge in [0.2, 0.25) is 16.1 Å². The first-order valence-electron chi connectivity index (χ1n) is 8.97. The lowest BCUT2D eigenvalue weighted by Crippen LogP contribution is -2.32. The van der Waals surface area contributed by atoms with Crippen LogP contribution in [0, 0.1) is 18.9 Å². The maximum Gasteiger partial charge on any atom is 0.537 e. The van der Waals surface area contributed by atoms with E-state index in [1.165, 1.54) is 18.6 Å². The number of hydrogen-bond acceptors (Lipinski definition) is 5. The van der Waals surface area contributed by atoms with E-state index in [0.717, 1.165) is 22.5 Å². The molecule has 2 aliphatic rings.